The second-order valence-corrected chi connectivity index (χ2v) is 7.08. The first-order chi connectivity index (χ1) is 12.7. The van der Waals surface area contributed by atoms with Crippen molar-refractivity contribution in [1.29, 1.82) is 0 Å². The molecule has 26 heavy (non-hydrogen) atoms. The predicted molar refractivity (Wildman–Crippen MR) is 105 cm³/mol. The van der Waals surface area contributed by atoms with Crippen LogP contribution in [0.3, 0.4) is 0 Å². The van der Waals surface area contributed by atoms with Gasteiger partial charge in [0.2, 0.25) is 5.91 Å². The second kappa shape index (κ2) is 7.17. The molecule has 2 aromatic heterocycles. The molecular formula is C20H18N4OS. The van der Waals surface area contributed by atoms with Crippen molar-refractivity contribution in [2.45, 2.75) is 18.6 Å². The Bertz CT molecular complexity index is 1080. The van der Waals surface area contributed by atoms with E-state index in [-0.39, 0.29) is 5.91 Å². The van der Waals surface area contributed by atoms with Crippen molar-refractivity contribution in [3.05, 3.63) is 65.9 Å². The number of aryl methyl sites for hydroxylation is 1. The Morgan fingerprint density at radius 2 is 2.04 bits per heavy atom. The summed E-state index contributed by atoms with van der Waals surface area (Å²) in [7, 11) is 0. The van der Waals surface area contributed by atoms with E-state index in [2.05, 4.69) is 26.3 Å². The van der Waals surface area contributed by atoms with Gasteiger partial charge in [-0.3, -0.25) is 9.78 Å². The number of aromatic amines is 1. The summed E-state index contributed by atoms with van der Waals surface area (Å²) in [5, 5.41) is 4.80. The van der Waals surface area contributed by atoms with E-state index in [1.54, 1.807) is 6.20 Å². The van der Waals surface area contributed by atoms with Crippen LogP contribution < -0.4 is 5.32 Å². The second-order valence-electron chi connectivity index (χ2n) is 6.12. The van der Waals surface area contributed by atoms with Crippen molar-refractivity contribution in [1.82, 2.24) is 20.3 Å². The van der Waals surface area contributed by atoms with Crippen LogP contribution in [0, 0.1) is 6.92 Å². The first-order valence-electron chi connectivity index (χ1n) is 8.37. The van der Waals surface area contributed by atoms with Crippen molar-refractivity contribution in [3.63, 3.8) is 0 Å². The van der Waals surface area contributed by atoms with Crippen LogP contribution in [0.1, 0.15) is 11.1 Å². The fraction of sp³-hybridized carbons (Fsp3) is 0.150. The molecule has 0 bridgehead atoms. The number of benzene rings is 2. The van der Waals surface area contributed by atoms with Crippen LogP contribution in [0.5, 0.6) is 0 Å². The molecule has 5 nitrogen and oxygen atoms in total. The van der Waals surface area contributed by atoms with Crippen LogP contribution in [0.15, 0.2) is 59.9 Å². The SMILES string of the molecule is Cc1ccc2nc(SCC(=O)NCc3ccnc4ccccc34)[nH]c2c1. The Hall–Kier alpha value is -2.86. The van der Waals surface area contributed by atoms with Crippen molar-refractivity contribution < 1.29 is 4.79 Å². The number of para-hydroxylation sites is 1. The smallest absolute Gasteiger partial charge is 0.230 e. The number of nitrogens with zero attached hydrogens (tertiary/aromatic N) is 2. The third-order valence-electron chi connectivity index (χ3n) is 4.17. The number of aromatic nitrogens is 3. The number of carbonyl (C=O) groups is 1. The molecule has 2 aromatic carbocycles. The van der Waals surface area contributed by atoms with Gasteiger partial charge in [0.25, 0.3) is 0 Å². The third kappa shape index (κ3) is 3.55. The van der Waals surface area contributed by atoms with Gasteiger partial charge in [-0.2, -0.15) is 0 Å². The average molecular weight is 362 g/mol. The number of hydrogen-bond donors (Lipinski definition) is 2. The minimum atomic E-state index is -0.0208. The summed E-state index contributed by atoms with van der Waals surface area (Å²) in [6, 6.07) is 16.0. The summed E-state index contributed by atoms with van der Waals surface area (Å²) in [6.07, 6.45) is 1.77. The topological polar surface area (TPSA) is 70.7 Å². The molecule has 0 saturated heterocycles. The quantitative estimate of drug-likeness (QED) is 0.529. The van der Waals surface area contributed by atoms with E-state index in [9.17, 15) is 4.79 Å². The Kier molecular flexibility index (Phi) is 4.58. The summed E-state index contributed by atoms with van der Waals surface area (Å²) >= 11 is 1.41. The van der Waals surface area contributed by atoms with Gasteiger partial charge in [0.15, 0.2) is 5.16 Å². The molecule has 0 unspecified atom stereocenters. The summed E-state index contributed by atoms with van der Waals surface area (Å²) in [6.45, 7) is 2.53. The van der Waals surface area contributed by atoms with E-state index in [0.717, 1.165) is 32.7 Å². The number of amides is 1. The fourth-order valence-electron chi connectivity index (χ4n) is 2.86. The summed E-state index contributed by atoms with van der Waals surface area (Å²) in [5.41, 5.74) is 5.09. The molecule has 0 fully saturated rings. The highest BCUT2D eigenvalue weighted by Gasteiger charge is 2.08. The average Bonchev–Trinajstić information content (AvgIpc) is 3.06. The Morgan fingerprint density at radius 3 is 2.96 bits per heavy atom. The lowest BCUT2D eigenvalue weighted by molar-refractivity contribution is -0.118. The molecule has 0 atom stereocenters. The number of nitrogens with one attached hydrogen (secondary N) is 2. The van der Waals surface area contributed by atoms with E-state index >= 15 is 0 Å². The van der Waals surface area contributed by atoms with E-state index in [4.69, 9.17) is 0 Å². The van der Waals surface area contributed by atoms with Gasteiger partial charge in [-0.25, -0.2) is 4.98 Å². The highest BCUT2D eigenvalue weighted by atomic mass is 32.2. The standard InChI is InChI=1S/C20H18N4OS/c1-13-6-7-17-18(10-13)24-20(23-17)26-12-19(25)22-11-14-8-9-21-16-5-3-2-4-15(14)16/h2-10H,11-12H2,1H3,(H,22,25)(H,23,24). The van der Waals surface area contributed by atoms with Gasteiger partial charge in [-0.15, -0.1) is 0 Å². The highest BCUT2D eigenvalue weighted by Crippen LogP contribution is 2.20. The summed E-state index contributed by atoms with van der Waals surface area (Å²) < 4.78 is 0. The lowest BCUT2D eigenvalue weighted by atomic mass is 10.1. The first kappa shape index (κ1) is 16.6. The largest absolute Gasteiger partial charge is 0.351 e. The molecule has 130 valence electrons. The van der Waals surface area contributed by atoms with Crippen LogP contribution in [-0.4, -0.2) is 26.6 Å². The number of carbonyl (C=O) groups excluding carboxylic acids is 1. The maximum Gasteiger partial charge on any atom is 0.230 e. The number of hydrogen-bond acceptors (Lipinski definition) is 4. The third-order valence-corrected chi connectivity index (χ3v) is 5.04. The zero-order valence-corrected chi connectivity index (χ0v) is 15.1. The van der Waals surface area contributed by atoms with E-state index in [1.165, 1.54) is 17.3 Å². The number of imidazole rings is 1. The van der Waals surface area contributed by atoms with Gasteiger partial charge in [0.05, 0.1) is 22.3 Å². The normalized spacial score (nSPS) is 11.1. The monoisotopic (exact) mass is 362 g/mol. The predicted octanol–water partition coefficient (Wildman–Crippen LogP) is 3.83. The first-order valence-corrected chi connectivity index (χ1v) is 9.36. The number of fused-ring (bicyclic) bond motifs is 2. The van der Waals surface area contributed by atoms with Crippen molar-refractivity contribution in [2.24, 2.45) is 0 Å². The fourth-order valence-corrected chi connectivity index (χ4v) is 3.57. The Morgan fingerprint density at radius 1 is 1.15 bits per heavy atom. The molecule has 4 rings (SSSR count). The molecule has 0 aliphatic rings. The van der Waals surface area contributed by atoms with Crippen molar-refractivity contribution in [3.8, 4) is 0 Å². The number of pyridine rings is 1. The lowest BCUT2D eigenvalue weighted by Gasteiger charge is -2.07. The molecule has 0 aliphatic heterocycles. The molecule has 0 spiro atoms. The van der Waals surface area contributed by atoms with Gasteiger partial charge >= 0.3 is 0 Å². The van der Waals surface area contributed by atoms with Crippen LogP contribution in [0.4, 0.5) is 0 Å². The molecular weight excluding hydrogens is 344 g/mol. The van der Waals surface area contributed by atoms with Crippen LogP contribution in [0.2, 0.25) is 0 Å². The number of H-pyrrole nitrogens is 1. The zero-order chi connectivity index (χ0) is 17.9. The molecule has 6 heteroatoms. The lowest BCUT2D eigenvalue weighted by Crippen LogP contribution is -2.24. The zero-order valence-electron chi connectivity index (χ0n) is 14.3. The Balaban J connectivity index is 1.37. The molecule has 0 aliphatic carbocycles. The molecule has 0 radical (unpaired) electrons. The minimum absolute atomic E-state index is 0.0208. The molecule has 4 aromatic rings. The molecule has 1 amide bonds. The minimum Gasteiger partial charge on any atom is -0.351 e. The van der Waals surface area contributed by atoms with Crippen molar-refractivity contribution >= 4 is 39.6 Å². The number of thioether (sulfide) groups is 1. The summed E-state index contributed by atoms with van der Waals surface area (Å²) in [5.74, 6) is 0.300. The van der Waals surface area contributed by atoms with E-state index in [1.807, 2.05) is 49.4 Å². The van der Waals surface area contributed by atoms with Crippen LogP contribution >= 0.6 is 11.8 Å². The maximum atomic E-state index is 12.2. The van der Waals surface area contributed by atoms with Crippen molar-refractivity contribution in [2.75, 3.05) is 5.75 Å². The van der Waals surface area contributed by atoms with E-state index in [0.29, 0.717) is 12.3 Å². The highest BCUT2D eigenvalue weighted by molar-refractivity contribution is 7.99. The summed E-state index contributed by atoms with van der Waals surface area (Å²) in [4.78, 5) is 24.3. The van der Waals surface area contributed by atoms with E-state index < -0.39 is 0 Å². The molecule has 2 heterocycles. The number of rotatable bonds is 5. The Labute approximate surface area is 155 Å². The molecule has 2 N–H and O–H groups in total. The van der Waals surface area contributed by atoms with Gasteiger partial charge in [0.1, 0.15) is 0 Å². The van der Waals surface area contributed by atoms with Gasteiger partial charge < -0.3 is 10.3 Å². The van der Waals surface area contributed by atoms with Gasteiger partial charge in [0, 0.05) is 18.1 Å². The van der Waals surface area contributed by atoms with Crippen LogP contribution in [-0.2, 0) is 11.3 Å². The molecule has 0 saturated carbocycles. The van der Waals surface area contributed by atoms with Gasteiger partial charge in [-0.1, -0.05) is 36.0 Å². The van der Waals surface area contributed by atoms with Gasteiger partial charge in [-0.05, 0) is 42.3 Å². The van der Waals surface area contributed by atoms with Crippen LogP contribution in [0.25, 0.3) is 21.9 Å². The maximum absolute atomic E-state index is 12.2.